The molecule has 2 aromatic carbocycles. The van der Waals surface area contributed by atoms with Crippen molar-refractivity contribution in [2.45, 2.75) is 0 Å². The summed E-state index contributed by atoms with van der Waals surface area (Å²) in [5, 5.41) is 2.74. The fourth-order valence-corrected chi connectivity index (χ4v) is 1.61. The van der Waals surface area contributed by atoms with Gasteiger partial charge in [-0.15, -0.1) is 0 Å². The van der Waals surface area contributed by atoms with E-state index in [1.165, 1.54) is 24.3 Å². The van der Waals surface area contributed by atoms with Crippen molar-refractivity contribution in [2.75, 3.05) is 6.54 Å². The van der Waals surface area contributed by atoms with E-state index in [0.29, 0.717) is 12.1 Å². The molecule has 0 aliphatic heterocycles. The van der Waals surface area contributed by atoms with Crippen molar-refractivity contribution in [1.82, 2.24) is 5.32 Å². The Morgan fingerprint density at radius 3 is 2.42 bits per heavy atom. The number of carbonyl (C=O) groups is 1. The number of halogens is 1. The molecule has 0 aliphatic carbocycles. The quantitative estimate of drug-likeness (QED) is 0.892. The molecule has 1 N–H and O–H groups in total. The monoisotopic (exact) mass is 255 g/mol. The summed E-state index contributed by atoms with van der Waals surface area (Å²) >= 11 is 0. The Balaban J connectivity index is 1.84. The van der Waals surface area contributed by atoms with Gasteiger partial charge < -0.3 is 5.32 Å². The lowest BCUT2D eigenvalue weighted by Crippen LogP contribution is -2.23. The molecule has 0 unspecified atom stereocenters. The average molecular weight is 255 g/mol. The molecule has 0 aliphatic rings. The van der Waals surface area contributed by atoms with Gasteiger partial charge in [0.2, 0.25) is 0 Å². The van der Waals surface area contributed by atoms with Gasteiger partial charge in [0.15, 0.2) is 0 Å². The summed E-state index contributed by atoms with van der Waals surface area (Å²) in [7, 11) is 0. The topological polar surface area (TPSA) is 29.1 Å². The van der Waals surface area contributed by atoms with Crippen molar-refractivity contribution in [3.05, 3.63) is 77.6 Å². The van der Waals surface area contributed by atoms with Crippen molar-refractivity contribution < 1.29 is 9.18 Å². The van der Waals surface area contributed by atoms with Gasteiger partial charge in [0.1, 0.15) is 5.82 Å². The average Bonchev–Trinajstić information content (AvgIpc) is 2.45. The second-order valence-electron chi connectivity index (χ2n) is 4.03. The Morgan fingerprint density at radius 2 is 1.74 bits per heavy atom. The van der Waals surface area contributed by atoms with Crippen LogP contribution in [0.1, 0.15) is 15.9 Å². The number of nitrogens with one attached hydrogen (secondary N) is 1. The summed E-state index contributed by atoms with van der Waals surface area (Å²) in [5.74, 6) is -0.557. The Bertz CT molecular complexity index is 561. The van der Waals surface area contributed by atoms with E-state index in [1.54, 1.807) is 0 Å². The predicted octanol–water partition coefficient (Wildman–Crippen LogP) is 3.27. The Hall–Kier alpha value is -2.42. The van der Waals surface area contributed by atoms with Gasteiger partial charge in [-0.3, -0.25) is 4.79 Å². The van der Waals surface area contributed by atoms with Crippen LogP contribution in [0, 0.1) is 5.82 Å². The van der Waals surface area contributed by atoms with Crippen molar-refractivity contribution in [2.24, 2.45) is 0 Å². The third-order valence-corrected chi connectivity index (χ3v) is 2.60. The minimum Gasteiger partial charge on any atom is -0.349 e. The highest BCUT2D eigenvalue weighted by Crippen LogP contribution is 2.03. The normalized spacial score (nSPS) is 10.6. The van der Waals surface area contributed by atoms with E-state index in [-0.39, 0.29) is 11.7 Å². The zero-order valence-corrected chi connectivity index (χ0v) is 10.3. The molecule has 0 aromatic heterocycles. The van der Waals surface area contributed by atoms with Crippen molar-refractivity contribution in [3.8, 4) is 0 Å². The van der Waals surface area contributed by atoms with Crippen molar-refractivity contribution in [1.29, 1.82) is 0 Å². The lowest BCUT2D eigenvalue weighted by Gasteiger charge is -2.01. The molecule has 2 rings (SSSR count). The maximum atomic E-state index is 12.7. The van der Waals surface area contributed by atoms with E-state index in [9.17, 15) is 9.18 Å². The van der Waals surface area contributed by atoms with E-state index >= 15 is 0 Å². The maximum absolute atomic E-state index is 12.7. The molecule has 0 spiro atoms. The van der Waals surface area contributed by atoms with Gasteiger partial charge in [-0.25, -0.2) is 4.39 Å². The zero-order chi connectivity index (χ0) is 13.5. The predicted molar refractivity (Wildman–Crippen MR) is 74.2 cm³/mol. The fourth-order valence-electron chi connectivity index (χ4n) is 1.61. The van der Waals surface area contributed by atoms with Crippen LogP contribution < -0.4 is 5.32 Å². The van der Waals surface area contributed by atoms with Gasteiger partial charge in [-0.2, -0.15) is 0 Å². The van der Waals surface area contributed by atoms with Crippen LogP contribution in [0.15, 0.2) is 60.7 Å². The van der Waals surface area contributed by atoms with Crippen LogP contribution in [-0.4, -0.2) is 12.5 Å². The second-order valence-corrected chi connectivity index (χ2v) is 4.03. The summed E-state index contributed by atoms with van der Waals surface area (Å²) in [6.45, 7) is 0.436. The van der Waals surface area contributed by atoms with Gasteiger partial charge in [-0.05, 0) is 29.8 Å². The first kappa shape index (κ1) is 13.0. The molecule has 0 saturated heterocycles. The molecule has 2 nitrogen and oxygen atoms in total. The molecule has 0 saturated carbocycles. The Morgan fingerprint density at radius 1 is 1.05 bits per heavy atom. The molecule has 0 fully saturated rings. The minimum absolute atomic E-state index is 0.210. The molecule has 3 heteroatoms. The van der Waals surface area contributed by atoms with Crippen LogP contribution in [0.5, 0.6) is 0 Å². The SMILES string of the molecule is O=C(NC/C=C/c1ccccc1)c1ccc(F)cc1. The largest absolute Gasteiger partial charge is 0.349 e. The van der Waals surface area contributed by atoms with Crippen LogP contribution in [0.3, 0.4) is 0 Å². The van der Waals surface area contributed by atoms with Gasteiger partial charge in [0.25, 0.3) is 5.91 Å². The third-order valence-electron chi connectivity index (χ3n) is 2.60. The highest BCUT2D eigenvalue weighted by molar-refractivity contribution is 5.94. The van der Waals surface area contributed by atoms with Crippen molar-refractivity contribution >= 4 is 12.0 Å². The lowest BCUT2D eigenvalue weighted by atomic mass is 10.2. The molecule has 0 heterocycles. The van der Waals surface area contributed by atoms with E-state index in [0.717, 1.165) is 5.56 Å². The van der Waals surface area contributed by atoms with Crippen LogP contribution >= 0.6 is 0 Å². The number of benzene rings is 2. The molecule has 0 radical (unpaired) electrons. The van der Waals surface area contributed by atoms with E-state index < -0.39 is 0 Å². The van der Waals surface area contributed by atoms with Crippen molar-refractivity contribution in [3.63, 3.8) is 0 Å². The first-order chi connectivity index (χ1) is 9.25. The van der Waals surface area contributed by atoms with Crippen LogP contribution in [-0.2, 0) is 0 Å². The number of hydrogen-bond donors (Lipinski definition) is 1. The molecule has 2 aromatic rings. The summed E-state index contributed by atoms with van der Waals surface area (Å²) in [6.07, 6.45) is 3.81. The highest BCUT2D eigenvalue weighted by atomic mass is 19.1. The van der Waals surface area contributed by atoms with E-state index in [2.05, 4.69) is 5.32 Å². The zero-order valence-electron chi connectivity index (χ0n) is 10.3. The first-order valence-electron chi connectivity index (χ1n) is 6.01. The van der Waals surface area contributed by atoms with E-state index in [1.807, 2.05) is 42.5 Å². The second kappa shape index (κ2) is 6.50. The third kappa shape index (κ3) is 4.07. The summed E-state index contributed by atoms with van der Waals surface area (Å²) in [5.41, 5.74) is 1.54. The molecule has 96 valence electrons. The summed E-state index contributed by atoms with van der Waals surface area (Å²) in [6, 6.07) is 15.3. The Labute approximate surface area is 111 Å². The maximum Gasteiger partial charge on any atom is 0.251 e. The molecule has 0 atom stereocenters. The Kier molecular flexibility index (Phi) is 4.45. The minimum atomic E-state index is -0.347. The molecular formula is C16H14FNO. The highest BCUT2D eigenvalue weighted by Gasteiger charge is 2.02. The van der Waals surface area contributed by atoms with Crippen LogP contribution in [0.25, 0.3) is 6.08 Å². The fraction of sp³-hybridized carbons (Fsp3) is 0.0625. The van der Waals surface area contributed by atoms with Gasteiger partial charge in [-0.1, -0.05) is 42.5 Å². The summed E-state index contributed by atoms with van der Waals surface area (Å²) < 4.78 is 12.7. The summed E-state index contributed by atoms with van der Waals surface area (Å²) in [4.78, 5) is 11.7. The number of hydrogen-bond acceptors (Lipinski definition) is 1. The standard InChI is InChI=1S/C16H14FNO/c17-15-10-8-14(9-11-15)16(19)18-12-4-7-13-5-2-1-3-6-13/h1-11H,12H2,(H,18,19)/b7-4+. The number of rotatable bonds is 4. The number of carbonyl (C=O) groups excluding carboxylic acids is 1. The molecule has 1 amide bonds. The molecule has 19 heavy (non-hydrogen) atoms. The van der Waals surface area contributed by atoms with Gasteiger partial charge >= 0.3 is 0 Å². The lowest BCUT2D eigenvalue weighted by molar-refractivity contribution is 0.0958. The smallest absolute Gasteiger partial charge is 0.251 e. The molecular weight excluding hydrogens is 241 g/mol. The van der Waals surface area contributed by atoms with Crippen LogP contribution in [0.2, 0.25) is 0 Å². The molecule has 0 bridgehead atoms. The number of amides is 1. The van der Waals surface area contributed by atoms with Gasteiger partial charge in [0, 0.05) is 12.1 Å². The van der Waals surface area contributed by atoms with E-state index in [4.69, 9.17) is 0 Å². The first-order valence-corrected chi connectivity index (χ1v) is 6.01. The van der Waals surface area contributed by atoms with Crippen LogP contribution in [0.4, 0.5) is 4.39 Å². The van der Waals surface area contributed by atoms with Gasteiger partial charge in [0.05, 0.1) is 0 Å².